The molecule has 0 fully saturated rings. The minimum absolute atomic E-state index is 0.0137. The standard InChI is InChI=1S/C13H20O2/c1-9-6-7-10(2)12(11(9)3)15-13(4,5)8-14/h6-7,14H,8H2,1-5H3. The van der Waals surface area contributed by atoms with Gasteiger partial charge in [-0.25, -0.2) is 0 Å². The van der Waals surface area contributed by atoms with Crippen LogP contribution >= 0.6 is 0 Å². The summed E-state index contributed by atoms with van der Waals surface area (Å²) >= 11 is 0. The van der Waals surface area contributed by atoms with Gasteiger partial charge in [0, 0.05) is 0 Å². The first-order chi connectivity index (χ1) is 6.87. The Balaban J connectivity index is 3.09. The molecule has 0 aliphatic rings. The molecule has 2 heteroatoms. The maximum Gasteiger partial charge on any atom is 0.126 e. The van der Waals surface area contributed by atoms with Crippen molar-refractivity contribution in [3.05, 3.63) is 28.8 Å². The molecule has 84 valence electrons. The van der Waals surface area contributed by atoms with E-state index >= 15 is 0 Å². The molecular weight excluding hydrogens is 188 g/mol. The third kappa shape index (κ3) is 2.72. The van der Waals surface area contributed by atoms with Crippen molar-refractivity contribution in [3.63, 3.8) is 0 Å². The molecule has 1 N–H and O–H groups in total. The first kappa shape index (κ1) is 12.1. The van der Waals surface area contributed by atoms with Crippen molar-refractivity contribution >= 4 is 0 Å². The Bertz CT molecular complexity index is 354. The second kappa shape index (κ2) is 4.23. The smallest absolute Gasteiger partial charge is 0.126 e. The third-order valence-corrected chi connectivity index (χ3v) is 2.63. The molecule has 0 atom stereocenters. The first-order valence-electron chi connectivity index (χ1n) is 5.24. The van der Waals surface area contributed by atoms with Crippen LogP contribution in [0.4, 0.5) is 0 Å². The SMILES string of the molecule is Cc1ccc(C)c(OC(C)(C)CO)c1C. The van der Waals surface area contributed by atoms with Gasteiger partial charge in [0.15, 0.2) is 0 Å². The third-order valence-electron chi connectivity index (χ3n) is 2.63. The molecule has 0 aliphatic carbocycles. The topological polar surface area (TPSA) is 29.5 Å². The molecular formula is C13H20O2. The molecule has 1 rings (SSSR count). The quantitative estimate of drug-likeness (QED) is 0.827. The highest BCUT2D eigenvalue weighted by Crippen LogP contribution is 2.28. The van der Waals surface area contributed by atoms with E-state index in [2.05, 4.69) is 13.0 Å². The van der Waals surface area contributed by atoms with Gasteiger partial charge in [0.05, 0.1) is 6.61 Å². The van der Waals surface area contributed by atoms with E-state index in [9.17, 15) is 5.11 Å². The number of ether oxygens (including phenoxy) is 1. The van der Waals surface area contributed by atoms with Crippen molar-refractivity contribution in [2.75, 3.05) is 6.61 Å². The lowest BCUT2D eigenvalue weighted by atomic mass is 10.0. The van der Waals surface area contributed by atoms with Gasteiger partial charge in [0.1, 0.15) is 11.4 Å². The molecule has 0 aliphatic heterocycles. The molecule has 15 heavy (non-hydrogen) atoms. The number of hydrogen-bond acceptors (Lipinski definition) is 2. The maximum atomic E-state index is 9.18. The Morgan fingerprint density at radius 3 is 2.20 bits per heavy atom. The van der Waals surface area contributed by atoms with Crippen molar-refractivity contribution in [2.45, 2.75) is 40.2 Å². The zero-order valence-corrected chi connectivity index (χ0v) is 10.2. The Labute approximate surface area is 91.9 Å². The van der Waals surface area contributed by atoms with Crippen LogP contribution in [0.1, 0.15) is 30.5 Å². The van der Waals surface area contributed by atoms with Crippen molar-refractivity contribution in [3.8, 4) is 5.75 Å². The lowest BCUT2D eigenvalue weighted by molar-refractivity contribution is 0.0400. The zero-order chi connectivity index (χ0) is 11.6. The molecule has 2 nitrogen and oxygen atoms in total. The molecule has 0 aromatic heterocycles. The van der Waals surface area contributed by atoms with Crippen molar-refractivity contribution in [2.24, 2.45) is 0 Å². The summed E-state index contributed by atoms with van der Waals surface area (Å²) in [5.41, 5.74) is 2.95. The number of aryl methyl sites for hydroxylation is 2. The number of aliphatic hydroxyl groups is 1. The van der Waals surface area contributed by atoms with Crippen LogP contribution in [0, 0.1) is 20.8 Å². The van der Waals surface area contributed by atoms with Gasteiger partial charge in [0.2, 0.25) is 0 Å². The predicted molar refractivity (Wildman–Crippen MR) is 62.4 cm³/mol. The average molecular weight is 208 g/mol. The van der Waals surface area contributed by atoms with E-state index < -0.39 is 5.60 Å². The zero-order valence-electron chi connectivity index (χ0n) is 10.2. The van der Waals surface area contributed by atoms with Crippen LogP contribution in [-0.2, 0) is 0 Å². The summed E-state index contributed by atoms with van der Waals surface area (Å²) < 4.78 is 5.84. The van der Waals surface area contributed by atoms with Gasteiger partial charge in [0.25, 0.3) is 0 Å². The van der Waals surface area contributed by atoms with E-state index in [0.29, 0.717) is 0 Å². The highest BCUT2D eigenvalue weighted by Gasteiger charge is 2.20. The van der Waals surface area contributed by atoms with Crippen LogP contribution in [0.3, 0.4) is 0 Å². The highest BCUT2D eigenvalue weighted by molar-refractivity contribution is 5.44. The Morgan fingerprint density at radius 1 is 1.13 bits per heavy atom. The average Bonchev–Trinajstić information content (AvgIpc) is 2.19. The number of benzene rings is 1. The second-order valence-corrected chi connectivity index (χ2v) is 4.67. The summed E-state index contributed by atoms with van der Waals surface area (Å²) in [6.07, 6.45) is 0. The fourth-order valence-corrected chi connectivity index (χ4v) is 1.39. The normalized spacial score (nSPS) is 11.6. The van der Waals surface area contributed by atoms with Gasteiger partial charge in [-0.1, -0.05) is 12.1 Å². The van der Waals surface area contributed by atoms with Gasteiger partial charge in [-0.15, -0.1) is 0 Å². The van der Waals surface area contributed by atoms with Crippen LogP contribution in [0.2, 0.25) is 0 Å². The van der Waals surface area contributed by atoms with Crippen LogP contribution in [-0.4, -0.2) is 17.3 Å². The molecule has 0 saturated heterocycles. The lowest BCUT2D eigenvalue weighted by Gasteiger charge is -2.26. The lowest BCUT2D eigenvalue weighted by Crippen LogP contribution is -2.33. The molecule has 1 aromatic rings. The monoisotopic (exact) mass is 208 g/mol. The summed E-state index contributed by atoms with van der Waals surface area (Å²) in [5, 5.41) is 9.18. The van der Waals surface area contributed by atoms with E-state index in [4.69, 9.17) is 4.74 Å². The number of aliphatic hydroxyl groups excluding tert-OH is 1. The van der Waals surface area contributed by atoms with E-state index in [1.165, 1.54) is 5.56 Å². The van der Waals surface area contributed by atoms with E-state index in [1.54, 1.807) is 0 Å². The van der Waals surface area contributed by atoms with E-state index in [-0.39, 0.29) is 6.61 Å². The number of rotatable bonds is 3. The Hall–Kier alpha value is -1.02. The van der Waals surface area contributed by atoms with Crippen LogP contribution in [0.25, 0.3) is 0 Å². The summed E-state index contributed by atoms with van der Waals surface area (Å²) in [4.78, 5) is 0. The maximum absolute atomic E-state index is 9.18. The first-order valence-corrected chi connectivity index (χ1v) is 5.24. The molecule has 0 unspecified atom stereocenters. The summed E-state index contributed by atoms with van der Waals surface area (Å²) in [5.74, 6) is 0.897. The molecule has 0 bridgehead atoms. The van der Waals surface area contributed by atoms with Gasteiger partial charge < -0.3 is 9.84 Å². The molecule has 0 saturated carbocycles. The highest BCUT2D eigenvalue weighted by atomic mass is 16.5. The summed E-state index contributed by atoms with van der Waals surface area (Å²) in [6, 6.07) is 4.13. The fraction of sp³-hybridized carbons (Fsp3) is 0.538. The van der Waals surface area contributed by atoms with Crippen LogP contribution in [0.5, 0.6) is 5.75 Å². The van der Waals surface area contributed by atoms with Crippen molar-refractivity contribution in [1.82, 2.24) is 0 Å². The molecule has 0 radical (unpaired) electrons. The molecule has 0 heterocycles. The summed E-state index contributed by atoms with van der Waals surface area (Å²) in [7, 11) is 0. The van der Waals surface area contributed by atoms with E-state index in [0.717, 1.165) is 16.9 Å². The van der Waals surface area contributed by atoms with Crippen LogP contribution < -0.4 is 4.74 Å². The van der Waals surface area contributed by atoms with E-state index in [1.807, 2.05) is 33.8 Å². The van der Waals surface area contributed by atoms with Gasteiger partial charge in [-0.3, -0.25) is 0 Å². The number of hydrogen-bond donors (Lipinski definition) is 1. The second-order valence-electron chi connectivity index (χ2n) is 4.67. The molecule has 1 aromatic carbocycles. The fourth-order valence-electron chi connectivity index (χ4n) is 1.39. The molecule has 0 spiro atoms. The van der Waals surface area contributed by atoms with Gasteiger partial charge >= 0.3 is 0 Å². The molecule has 0 amide bonds. The Morgan fingerprint density at radius 2 is 1.67 bits per heavy atom. The van der Waals surface area contributed by atoms with Gasteiger partial charge in [-0.05, 0) is 51.3 Å². The van der Waals surface area contributed by atoms with Gasteiger partial charge in [-0.2, -0.15) is 0 Å². The summed E-state index contributed by atoms with van der Waals surface area (Å²) in [6.45, 7) is 9.91. The largest absolute Gasteiger partial charge is 0.485 e. The van der Waals surface area contributed by atoms with Crippen molar-refractivity contribution in [1.29, 1.82) is 0 Å². The minimum atomic E-state index is -0.524. The van der Waals surface area contributed by atoms with Crippen molar-refractivity contribution < 1.29 is 9.84 Å². The minimum Gasteiger partial charge on any atom is -0.485 e. The van der Waals surface area contributed by atoms with Crippen LogP contribution in [0.15, 0.2) is 12.1 Å². The predicted octanol–water partition coefficient (Wildman–Crippen LogP) is 2.76. The Kier molecular flexibility index (Phi) is 3.40.